The van der Waals surface area contributed by atoms with Crippen LogP contribution < -0.4 is 0 Å². The molecule has 1 atom stereocenters. The Balaban J connectivity index is 4.44. The predicted octanol–water partition coefficient (Wildman–Crippen LogP) is 3.86. The van der Waals surface area contributed by atoms with Gasteiger partial charge in [-0.25, -0.2) is 4.79 Å². The molecule has 4 heteroatoms. The summed E-state index contributed by atoms with van der Waals surface area (Å²) < 4.78 is 11.2. The zero-order chi connectivity index (χ0) is 13.5. The van der Waals surface area contributed by atoms with Gasteiger partial charge in [0.05, 0.1) is 0 Å². The predicted molar refractivity (Wildman–Crippen MR) is 73.3 cm³/mol. The third-order valence-corrected chi connectivity index (χ3v) is 7.85. The van der Waals surface area contributed by atoms with E-state index in [0.29, 0.717) is 5.57 Å². The highest BCUT2D eigenvalue weighted by Crippen LogP contribution is 2.25. The maximum Gasteiger partial charge on any atom is 0.335 e. The zero-order valence-corrected chi connectivity index (χ0v) is 12.8. The van der Waals surface area contributed by atoms with Gasteiger partial charge in [-0.3, -0.25) is 0 Å². The zero-order valence-electron chi connectivity index (χ0n) is 11.8. The van der Waals surface area contributed by atoms with Crippen LogP contribution >= 0.6 is 0 Å². The Morgan fingerprint density at radius 2 is 1.82 bits per heavy atom. The summed E-state index contributed by atoms with van der Waals surface area (Å²) >= 11 is 0. The van der Waals surface area contributed by atoms with Crippen molar-refractivity contribution in [3.8, 4) is 0 Å². The van der Waals surface area contributed by atoms with E-state index in [1.807, 2.05) is 0 Å². The van der Waals surface area contributed by atoms with Gasteiger partial charge in [0, 0.05) is 5.57 Å². The topological polar surface area (TPSA) is 35.5 Å². The highest BCUT2D eigenvalue weighted by Gasteiger charge is 2.32. The molecular formula is C13H26O3Si. The van der Waals surface area contributed by atoms with Crippen molar-refractivity contribution in [3.63, 3.8) is 0 Å². The van der Waals surface area contributed by atoms with Crippen LogP contribution in [0.1, 0.15) is 41.0 Å². The molecular weight excluding hydrogens is 232 g/mol. The van der Waals surface area contributed by atoms with Gasteiger partial charge in [-0.2, -0.15) is 0 Å². The van der Waals surface area contributed by atoms with E-state index < -0.39 is 14.6 Å². The first-order valence-corrected chi connectivity index (χ1v) is 8.98. The monoisotopic (exact) mass is 258 g/mol. The van der Waals surface area contributed by atoms with Crippen molar-refractivity contribution in [2.45, 2.75) is 65.5 Å². The van der Waals surface area contributed by atoms with Gasteiger partial charge >= 0.3 is 5.97 Å². The fourth-order valence-corrected chi connectivity index (χ4v) is 5.23. The summed E-state index contributed by atoms with van der Waals surface area (Å²) in [7, 11) is -1.72. The first kappa shape index (κ1) is 16.4. The second kappa shape index (κ2) is 7.66. The quantitative estimate of drug-likeness (QED) is 0.287. The lowest BCUT2D eigenvalue weighted by Crippen LogP contribution is -2.41. The molecule has 3 nitrogen and oxygen atoms in total. The molecule has 100 valence electrons. The third kappa shape index (κ3) is 5.50. The lowest BCUT2D eigenvalue weighted by Gasteiger charge is -2.32. The molecule has 0 fully saturated rings. The Kier molecular flexibility index (Phi) is 7.39. The molecule has 0 aliphatic carbocycles. The molecule has 0 spiro atoms. The fourth-order valence-electron chi connectivity index (χ4n) is 1.91. The van der Waals surface area contributed by atoms with Gasteiger partial charge in [0.2, 0.25) is 0 Å². The van der Waals surface area contributed by atoms with E-state index in [-0.39, 0.29) is 5.97 Å². The first-order valence-electron chi connectivity index (χ1n) is 6.45. The summed E-state index contributed by atoms with van der Waals surface area (Å²) in [5, 5.41) is 0. The summed E-state index contributed by atoms with van der Waals surface area (Å²) in [5.74, 6) is -0.371. The minimum atomic E-state index is -1.72. The van der Waals surface area contributed by atoms with Crippen molar-refractivity contribution in [2.75, 3.05) is 0 Å². The van der Waals surface area contributed by atoms with Gasteiger partial charge in [0.25, 0.3) is 0 Å². The maximum absolute atomic E-state index is 11.4. The molecule has 0 bridgehead atoms. The number of carbonyl (C=O) groups is 1. The summed E-state index contributed by atoms with van der Waals surface area (Å²) in [6.45, 7) is 13.5. The lowest BCUT2D eigenvalue weighted by atomic mass is 10.4. The number of carbonyl (C=O) groups excluding carboxylic acids is 1. The second-order valence-corrected chi connectivity index (χ2v) is 9.03. The van der Waals surface area contributed by atoms with E-state index in [1.54, 1.807) is 13.8 Å². The molecule has 0 saturated carbocycles. The smallest absolute Gasteiger partial charge is 0.335 e. The summed E-state index contributed by atoms with van der Waals surface area (Å²) in [4.78, 5) is 11.4. The van der Waals surface area contributed by atoms with Crippen molar-refractivity contribution in [2.24, 2.45) is 0 Å². The minimum absolute atomic E-state index is 0.371. The second-order valence-electron chi connectivity index (χ2n) is 4.51. The Labute approximate surface area is 106 Å². The lowest BCUT2D eigenvalue weighted by molar-refractivity contribution is -0.157. The standard InChI is InChI=1S/C13H26O3Si/c1-7-10-17(8-2,9-3)16-12(6)15-13(14)11(4)5/h12H,4,7-10H2,1-3,5-6H3. The van der Waals surface area contributed by atoms with Crippen LogP contribution in [-0.4, -0.2) is 20.6 Å². The molecule has 0 aromatic heterocycles. The molecule has 0 amide bonds. The maximum atomic E-state index is 11.4. The SMILES string of the molecule is C=C(C)C(=O)OC(C)O[Si](CC)(CC)CCC. The Bertz CT molecular complexity index is 259. The van der Waals surface area contributed by atoms with E-state index in [4.69, 9.17) is 9.16 Å². The van der Waals surface area contributed by atoms with Gasteiger partial charge in [-0.15, -0.1) is 0 Å². The number of hydrogen-bond acceptors (Lipinski definition) is 3. The Morgan fingerprint density at radius 1 is 1.29 bits per heavy atom. The summed E-state index contributed by atoms with van der Waals surface area (Å²) in [5.41, 5.74) is 0.413. The summed E-state index contributed by atoms with van der Waals surface area (Å²) in [6.07, 6.45) is 0.659. The van der Waals surface area contributed by atoms with Crippen LogP contribution in [0.3, 0.4) is 0 Å². The molecule has 0 heterocycles. The van der Waals surface area contributed by atoms with Gasteiger partial charge in [0.15, 0.2) is 14.6 Å². The van der Waals surface area contributed by atoms with E-state index >= 15 is 0 Å². The van der Waals surface area contributed by atoms with Crippen molar-refractivity contribution in [3.05, 3.63) is 12.2 Å². The van der Waals surface area contributed by atoms with Crippen molar-refractivity contribution >= 4 is 14.3 Å². The van der Waals surface area contributed by atoms with E-state index in [2.05, 4.69) is 27.4 Å². The van der Waals surface area contributed by atoms with Crippen LogP contribution in [0.4, 0.5) is 0 Å². The van der Waals surface area contributed by atoms with Crippen molar-refractivity contribution in [1.29, 1.82) is 0 Å². The van der Waals surface area contributed by atoms with Gasteiger partial charge in [0.1, 0.15) is 0 Å². The molecule has 0 aromatic carbocycles. The average molecular weight is 258 g/mol. The van der Waals surface area contributed by atoms with E-state index in [9.17, 15) is 4.79 Å². The largest absolute Gasteiger partial charge is 0.434 e. The van der Waals surface area contributed by atoms with Crippen molar-refractivity contribution in [1.82, 2.24) is 0 Å². The van der Waals surface area contributed by atoms with E-state index in [0.717, 1.165) is 24.6 Å². The number of ether oxygens (including phenoxy) is 1. The Morgan fingerprint density at radius 3 is 2.18 bits per heavy atom. The highest BCUT2D eigenvalue weighted by molar-refractivity contribution is 6.73. The van der Waals surface area contributed by atoms with Crippen LogP contribution in [0.5, 0.6) is 0 Å². The molecule has 1 unspecified atom stereocenters. The first-order chi connectivity index (χ1) is 7.90. The molecule has 0 rings (SSSR count). The molecule has 0 aliphatic heterocycles. The number of rotatable bonds is 8. The number of hydrogen-bond donors (Lipinski definition) is 0. The Hall–Kier alpha value is -0.613. The normalized spacial score (nSPS) is 13.2. The molecule has 17 heavy (non-hydrogen) atoms. The molecule has 0 aromatic rings. The number of esters is 1. The van der Waals surface area contributed by atoms with E-state index in [1.165, 1.54) is 0 Å². The molecule has 0 saturated heterocycles. The van der Waals surface area contributed by atoms with Gasteiger partial charge in [-0.05, 0) is 32.0 Å². The van der Waals surface area contributed by atoms with Crippen LogP contribution in [-0.2, 0) is 14.0 Å². The average Bonchev–Trinajstić information content (AvgIpc) is 2.28. The summed E-state index contributed by atoms with van der Waals surface area (Å²) in [6, 6.07) is 3.24. The van der Waals surface area contributed by atoms with Crippen molar-refractivity contribution < 1.29 is 14.0 Å². The van der Waals surface area contributed by atoms with Crippen LogP contribution in [0.25, 0.3) is 0 Å². The van der Waals surface area contributed by atoms with Gasteiger partial charge < -0.3 is 9.16 Å². The fraction of sp³-hybridized carbons (Fsp3) is 0.769. The molecule has 0 radical (unpaired) electrons. The molecule has 0 N–H and O–H groups in total. The van der Waals surface area contributed by atoms with Crippen LogP contribution in [0.15, 0.2) is 12.2 Å². The van der Waals surface area contributed by atoms with Crippen LogP contribution in [0, 0.1) is 0 Å². The third-order valence-electron chi connectivity index (χ3n) is 3.03. The van der Waals surface area contributed by atoms with Gasteiger partial charge in [-0.1, -0.05) is 33.8 Å². The minimum Gasteiger partial charge on any atom is -0.434 e. The highest BCUT2D eigenvalue weighted by atomic mass is 28.4. The molecule has 0 aliphatic rings. The van der Waals surface area contributed by atoms with Crippen LogP contribution in [0.2, 0.25) is 18.1 Å².